The third-order valence-electron chi connectivity index (χ3n) is 3.14. The minimum Gasteiger partial charge on any atom is -1.00 e. The molecular formula is C8H19IN2. The Morgan fingerprint density at radius 1 is 1.18 bits per heavy atom. The Bertz CT molecular complexity index is 113. The fraction of sp³-hybridized carbons (Fsp3) is 1.00. The lowest BCUT2D eigenvalue weighted by atomic mass is 9.97. The van der Waals surface area contributed by atoms with Crippen LogP contribution >= 0.6 is 0 Å². The molecule has 0 aliphatic carbocycles. The summed E-state index contributed by atoms with van der Waals surface area (Å²) in [6.45, 7) is 4.49. The monoisotopic (exact) mass is 270 g/mol. The smallest absolute Gasteiger partial charge is 0.103 e. The molecule has 0 bridgehead atoms. The standard InChI is InChI=1S/C8H19N2.HI/c1-7-5-4-6-8(2)10(7,3)9;/h7-8H,4-6,9H2,1-3H3;1H/q+1;/p-1. The number of likely N-dealkylation sites (tertiary alicyclic amines) is 1. The number of nitrogens with two attached hydrogens (primary N) is 1. The fourth-order valence-corrected chi connectivity index (χ4v) is 1.70. The second kappa shape index (κ2) is 4.05. The first kappa shape index (κ1) is 11.6. The Labute approximate surface area is 86.7 Å². The molecule has 1 heterocycles. The largest absolute Gasteiger partial charge is 1.00 e. The molecule has 1 rings (SSSR count). The zero-order valence-corrected chi connectivity index (χ0v) is 9.84. The molecule has 2 unspecified atom stereocenters. The molecule has 11 heavy (non-hydrogen) atoms. The van der Waals surface area contributed by atoms with Crippen LogP contribution in [-0.4, -0.2) is 23.7 Å². The van der Waals surface area contributed by atoms with Crippen molar-refractivity contribution in [1.82, 2.24) is 0 Å². The molecule has 3 heteroatoms. The fourth-order valence-electron chi connectivity index (χ4n) is 1.70. The molecule has 1 aliphatic rings. The van der Waals surface area contributed by atoms with Gasteiger partial charge in [-0.05, 0) is 20.3 Å². The molecule has 0 aromatic rings. The quantitative estimate of drug-likeness (QED) is 0.316. The molecule has 2 N–H and O–H groups in total. The Hall–Kier alpha value is 0.650. The van der Waals surface area contributed by atoms with Gasteiger partial charge in [-0.1, -0.05) is 0 Å². The van der Waals surface area contributed by atoms with E-state index in [0.29, 0.717) is 12.1 Å². The van der Waals surface area contributed by atoms with E-state index in [1.165, 1.54) is 19.3 Å². The van der Waals surface area contributed by atoms with Crippen molar-refractivity contribution in [2.45, 2.75) is 45.2 Å². The Balaban J connectivity index is 0.000001000. The van der Waals surface area contributed by atoms with E-state index in [1.54, 1.807) is 0 Å². The van der Waals surface area contributed by atoms with Crippen LogP contribution in [0.1, 0.15) is 33.1 Å². The molecule has 0 aromatic carbocycles. The number of hydrogen-bond acceptors (Lipinski definition) is 1. The van der Waals surface area contributed by atoms with Crippen LogP contribution in [-0.2, 0) is 0 Å². The van der Waals surface area contributed by atoms with E-state index in [9.17, 15) is 0 Å². The van der Waals surface area contributed by atoms with Crippen LogP contribution in [0.25, 0.3) is 0 Å². The molecular weight excluding hydrogens is 251 g/mol. The number of quaternary nitrogens is 1. The van der Waals surface area contributed by atoms with Crippen molar-refractivity contribution in [1.29, 1.82) is 0 Å². The van der Waals surface area contributed by atoms with Crippen molar-refractivity contribution in [2.75, 3.05) is 7.05 Å². The first-order valence-electron chi connectivity index (χ1n) is 4.19. The molecule has 0 radical (unpaired) electrons. The SMILES string of the molecule is CC1CCCC(C)[N+]1(C)N.[I-]. The summed E-state index contributed by atoms with van der Waals surface area (Å²) in [5, 5.41) is 0. The molecule has 0 spiro atoms. The summed E-state index contributed by atoms with van der Waals surface area (Å²) in [6, 6.07) is 1.28. The van der Waals surface area contributed by atoms with E-state index in [0.717, 1.165) is 4.59 Å². The lowest BCUT2D eigenvalue weighted by molar-refractivity contribution is -0.969. The molecule has 0 saturated carbocycles. The lowest BCUT2D eigenvalue weighted by Gasteiger charge is -2.43. The van der Waals surface area contributed by atoms with Gasteiger partial charge in [-0.2, -0.15) is 5.84 Å². The summed E-state index contributed by atoms with van der Waals surface area (Å²) in [6.07, 6.45) is 3.93. The van der Waals surface area contributed by atoms with Gasteiger partial charge < -0.3 is 24.0 Å². The topological polar surface area (TPSA) is 26.0 Å². The maximum atomic E-state index is 6.10. The average Bonchev–Trinajstić information content (AvgIpc) is 1.84. The van der Waals surface area contributed by atoms with E-state index in [2.05, 4.69) is 20.9 Å². The highest BCUT2D eigenvalue weighted by Crippen LogP contribution is 2.24. The van der Waals surface area contributed by atoms with Gasteiger partial charge in [-0.25, -0.2) is 4.59 Å². The summed E-state index contributed by atoms with van der Waals surface area (Å²) in [5.41, 5.74) is 0. The summed E-state index contributed by atoms with van der Waals surface area (Å²) in [7, 11) is 2.13. The molecule has 0 amide bonds. The Morgan fingerprint density at radius 3 is 1.82 bits per heavy atom. The predicted octanol–water partition coefficient (Wildman–Crippen LogP) is -1.73. The molecule has 0 aromatic heterocycles. The van der Waals surface area contributed by atoms with Crippen LogP contribution in [0, 0.1) is 0 Å². The number of nitrogens with zero attached hydrogens (tertiary/aromatic N) is 1. The van der Waals surface area contributed by atoms with Crippen LogP contribution in [0.3, 0.4) is 0 Å². The van der Waals surface area contributed by atoms with Crippen molar-refractivity contribution in [3.05, 3.63) is 0 Å². The van der Waals surface area contributed by atoms with Gasteiger partial charge in [-0.3, -0.25) is 0 Å². The third kappa shape index (κ3) is 2.29. The first-order valence-corrected chi connectivity index (χ1v) is 4.19. The number of halogens is 1. The normalized spacial score (nSPS) is 44.7. The van der Waals surface area contributed by atoms with E-state index in [4.69, 9.17) is 5.84 Å². The Morgan fingerprint density at radius 2 is 1.55 bits per heavy atom. The van der Waals surface area contributed by atoms with Crippen LogP contribution in [0.4, 0.5) is 0 Å². The number of hydrogen-bond donors (Lipinski definition) is 1. The van der Waals surface area contributed by atoms with Gasteiger partial charge in [0.2, 0.25) is 0 Å². The molecule has 2 nitrogen and oxygen atoms in total. The number of rotatable bonds is 0. The van der Waals surface area contributed by atoms with Gasteiger partial charge in [0, 0.05) is 12.8 Å². The predicted molar refractivity (Wildman–Crippen MR) is 43.1 cm³/mol. The van der Waals surface area contributed by atoms with Gasteiger partial charge in [-0.15, -0.1) is 0 Å². The zero-order valence-electron chi connectivity index (χ0n) is 7.68. The van der Waals surface area contributed by atoms with Crippen LogP contribution in [0.5, 0.6) is 0 Å². The number of piperidine rings is 1. The molecule has 68 valence electrons. The van der Waals surface area contributed by atoms with E-state index < -0.39 is 0 Å². The minimum atomic E-state index is 0. The Kier molecular flexibility index (Phi) is 4.29. The first-order chi connectivity index (χ1) is 4.55. The van der Waals surface area contributed by atoms with Gasteiger partial charge in [0.15, 0.2) is 0 Å². The van der Waals surface area contributed by atoms with Gasteiger partial charge >= 0.3 is 0 Å². The second-order valence-corrected chi connectivity index (χ2v) is 3.85. The van der Waals surface area contributed by atoms with Crippen LogP contribution < -0.4 is 29.8 Å². The van der Waals surface area contributed by atoms with Crippen LogP contribution in [0.2, 0.25) is 0 Å². The summed E-state index contributed by atoms with van der Waals surface area (Å²) in [5.74, 6) is 6.10. The minimum absolute atomic E-state index is 0. The summed E-state index contributed by atoms with van der Waals surface area (Å²) >= 11 is 0. The maximum absolute atomic E-state index is 6.10. The second-order valence-electron chi connectivity index (χ2n) is 3.85. The maximum Gasteiger partial charge on any atom is 0.103 e. The van der Waals surface area contributed by atoms with E-state index >= 15 is 0 Å². The molecule has 2 atom stereocenters. The van der Waals surface area contributed by atoms with Crippen molar-refractivity contribution in [3.63, 3.8) is 0 Å². The van der Waals surface area contributed by atoms with Crippen molar-refractivity contribution < 1.29 is 28.6 Å². The highest BCUT2D eigenvalue weighted by atomic mass is 127. The average molecular weight is 270 g/mol. The summed E-state index contributed by atoms with van der Waals surface area (Å²) in [4.78, 5) is 0. The van der Waals surface area contributed by atoms with E-state index in [1.807, 2.05) is 0 Å². The van der Waals surface area contributed by atoms with Crippen molar-refractivity contribution in [2.24, 2.45) is 5.84 Å². The lowest BCUT2D eigenvalue weighted by Crippen LogP contribution is -3.00. The van der Waals surface area contributed by atoms with Crippen molar-refractivity contribution in [3.8, 4) is 0 Å². The molecule has 1 fully saturated rings. The van der Waals surface area contributed by atoms with Gasteiger partial charge in [0.1, 0.15) is 12.1 Å². The molecule has 1 saturated heterocycles. The van der Waals surface area contributed by atoms with Crippen molar-refractivity contribution >= 4 is 0 Å². The van der Waals surface area contributed by atoms with E-state index in [-0.39, 0.29) is 24.0 Å². The van der Waals surface area contributed by atoms with Crippen LogP contribution in [0.15, 0.2) is 0 Å². The summed E-state index contributed by atoms with van der Waals surface area (Å²) < 4.78 is 0.722. The highest BCUT2D eigenvalue weighted by Gasteiger charge is 2.35. The third-order valence-corrected chi connectivity index (χ3v) is 3.14. The highest BCUT2D eigenvalue weighted by molar-refractivity contribution is 4.64. The van der Waals surface area contributed by atoms with Gasteiger partial charge in [0.05, 0.1) is 7.05 Å². The molecule has 1 aliphatic heterocycles. The van der Waals surface area contributed by atoms with Gasteiger partial charge in [0.25, 0.3) is 0 Å². The zero-order chi connectivity index (χ0) is 7.78.